The largest absolute Gasteiger partial charge is 0.336 e. The second-order valence-corrected chi connectivity index (χ2v) is 5.00. The monoisotopic (exact) mass is 222 g/mol. The number of nitrogens with one attached hydrogen (secondary N) is 1. The second-order valence-electron chi connectivity index (χ2n) is 5.00. The van der Waals surface area contributed by atoms with E-state index in [1.807, 2.05) is 6.08 Å². The van der Waals surface area contributed by atoms with Crippen LogP contribution in [-0.4, -0.2) is 36.5 Å². The van der Waals surface area contributed by atoms with Gasteiger partial charge in [-0.3, -0.25) is 4.79 Å². The molecule has 0 bridgehead atoms. The lowest BCUT2D eigenvalue weighted by molar-refractivity contribution is -0.134. The summed E-state index contributed by atoms with van der Waals surface area (Å²) in [5.74, 6) is 0.902. The molecule has 0 atom stereocenters. The van der Waals surface area contributed by atoms with Crippen molar-refractivity contribution in [2.75, 3.05) is 19.6 Å². The fourth-order valence-electron chi connectivity index (χ4n) is 2.67. The van der Waals surface area contributed by atoms with Gasteiger partial charge in [-0.25, -0.2) is 0 Å². The van der Waals surface area contributed by atoms with Crippen molar-refractivity contribution in [1.29, 1.82) is 0 Å². The van der Waals surface area contributed by atoms with E-state index in [0.29, 0.717) is 17.9 Å². The average molecular weight is 222 g/mol. The first-order valence-corrected chi connectivity index (χ1v) is 6.42. The first-order valence-electron chi connectivity index (χ1n) is 6.42. The molecule has 1 heterocycles. The number of hydrogen-bond acceptors (Lipinski definition) is 2. The third-order valence-electron chi connectivity index (χ3n) is 3.74. The number of hydrogen-bond donors (Lipinski definition) is 1. The quantitative estimate of drug-likeness (QED) is 0.716. The maximum absolute atomic E-state index is 12.2. The van der Waals surface area contributed by atoms with E-state index >= 15 is 0 Å². The van der Waals surface area contributed by atoms with Crippen LogP contribution in [0.3, 0.4) is 0 Å². The molecule has 1 saturated heterocycles. The van der Waals surface area contributed by atoms with Gasteiger partial charge in [0.1, 0.15) is 0 Å². The third kappa shape index (κ3) is 2.64. The summed E-state index contributed by atoms with van der Waals surface area (Å²) in [5.41, 5.74) is 0. The zero-order chi connectivity index (χ0) is 11.4. The topological polar surface area (TPSA) is 32.3 Å². The first kappa shape index (κ1) is 11.6. The summed E-state index contributed by atoms with van der Waals surface area (Å²) in [6, 6.07) is 0.485. The molecule has 1 aliphatic heterocycles. The minimum absolute atomic E-state index is 0.332. The van der Waals surface area contributed by atoms with Crippen LogP contribution in [0.2, 0.25) is 0 Å². The Balaban J connectivity index is 1.88. The fourth-order valence-corrected chi connectivity index (χ4v) is 2.67. The Morgan fingerprint density at radius 1 is 1.38 bits per heavy atom. The van der Waals surface area contributed by atoms with Gasteiger partial charge >= 0.3 is 0 Å². The van der Waals surface area contributed by atoms with Crippen LogP contribution < -0.4 is 5.32 Å². The molecule has 90 valence electrons. The van der Waals surface area contributed by atoms with Gasteiger partial charge in [-0.2, -0.15) is 0 Å². The van der Waals surface area contributed by atoms with Crippen molar-refractivity contribution in [2.24, 2.45) is 5.92 Å². The van der Waals surface area contributed by atoms with Crippen LogP contribution in [0.15, 0.2) is 12.7 Å². The Labute approximate surface area is 97.9 Å². The lowest BCUT2D eigenvalue weighted by Crippen LogP contribution is -2.47. The fraction of sp³-hybridized carbons (Fsp3) is 0.769. The molecule has 0 spiro atoms. The highest BCUT2D eigenvalue weighted by Gasteiger charge is 2.28. The lowest BCUT2D eigenvalue weighted by atomic mass is 9.98. The summed E-state index contributed by atoms with van der Waals surface area (Å²) in [6.45, 7) is 6.51. The number of carbonyl (C=O) groups excluding carboxylic acids is 1. The molecule has 1 N–H and O–H groups in total. The molecule has 1 saturated carbocycles. The zero-order valence-corrected chi connectivity index (χ0v) is 9.95. The van der Waals surface area contributed by atoms with Crippen LogP contribution in [0.5, 0.6) is 0 Å². The lowest BCUT2D eigenvalue weighted by Gasteiger charge is -2.32. The van der Waals surface area contributed by atoms with Gasteiger partial charge in [0.15, 0.2) is 0 Å². The van der Waals surface area contributed by atoms with Crippen LogP contribution >= 0.6 is 0 Å². The van der Waals surface area contributed by atoms with Crippen LogP contribution in [0, 0.1) is 5.92 Å². The van der Waals surface area contributed by atoms with Crippen molar-refractivity contribution in [1.82, 2.24) is 10.2 Å². The van der Waals surface area contributed by atoms with E-state index in [1.165, 1.54) is 25.7 Å². The van der Waals surface area contributed by atoms with Gasteiger partial charge < -0.3 is 10.2 Å². The normalized spacial score (nSPS) is 21.8. The molecule has 2 fully saturated rings. The number of rotatable bonds is 5. The maximum Gasteiger partial charge on any atom is 0.223 e. The predicted molar refractivity (Wildman–Crippen MR) is 65.1 cm³/mol. The third-order valence-corrected chi connectivity index (χ3v) is 3.74. The van der Waals surface area contributed by atoms with Gasteiger partial charge in [-0.1, -0.05) is 18.9 Å². The summed E-state index contributed by atoms with van der Waals surface area (Å²) in [5, 5.41) is 3.22. The van der Waals surface area contributed by atoms with Crippen molar-refractivity contribution in [2.45, 2.75) is 38.1 Å². The molecular formula is C13H22N2O. The summed E-state index contributed by atoms with van der Waals surface area (Å²) in [7, 11) is 0. The van der Waals surface area contributed by atoms with E-state index in [9.17, 15) is 4.79 Å². The average Bonchev–Trinajstić information content (AvgIpc) is 2.72. The van der Waals surface area contributed by atoms with Crippen LogP contribution in [0.25, 0.3) is 0 Å². The van der Waals surface area contributed by atoms with Crippen LogP contribution in [0.1, 0.15) is 32.1 Å². The van der Waals surface area contributed by atoms with Gasteiger partial charge in [0.2, 0.25) is 5.91 Å². The minimum Gasteiger partial charge on any atom is -0.336 e. The Hall–Kier alpha value is -0.830. The van der Waals surface area contributed by atoms with E-state index in [4.69, 9.17) is 0 Å². The minimum atomic E-state index is 0.332. The van der Waals surface area contributed by atoms with E-state index in [2.05, 4.69) is 16.8 Å². The summed E-state index contributed by atoms with van der Waals surface area (Å²) in [6.07, 6.45) is 7.49. The Bertz CT molecular complexity index is 255. The molecule has 0 unspecified atom stereocenters. The van der Waals surface area contributed by atoms with E-state index in [-0.39, 0.29) is 0 Å². The van der Waals surface area contributed by atoms with Crippen molar-refractivity contribution in [3.63, 3.8) is 0 Å². The SMILES string of the molecule is C=CCN(C(=O)CC1CNC1)C1CCCC1. The molecule has 2 aliphatic rings. The molecule has 3 heteroatoms. The molecular weight excluding hydrogens is 200 g/mol. The maximum atomic E-state index is 12.2. The molecule has 0 aromatic rings. The van der Waals surface area contributed by atoms with Crippen LogP contribution in [-0.2, 0) is 4.79 Å². The van der Waals surface area contributed by atoms with Crippen LogP contribution in [0.4, 0.5) is 0 Å². The molecule has 2 rings (SSSR count). The molecule has 0 aromatic heterocycles. The smallest absolute Gasteiger partial charge is 0.223 e. The predicted octanol–water partition coefficient (Wildman–Crippen LogP) is 1.55. The highest BCUT2D eigenvalue weighted by Crippen LogP contribution is 2.25. The molecule has 0 radical (unpaired) electrons. The van der Waals surface area contributed by atoms with Crippen molar-refractivity contribution in [3.05, 3.63) is 12.7 Å². The standard InChI is InChI=1S/C13H22N2O/c1-2-7-15(12-5-3-4-6-12)13(16)8-11-9-14-10-11/h2,11-12,14H,1,3-10H2. The molecule has 1 amide bonds. The second kappa shape index (κ2) is 5.48. The van der Waals surface area contributed by atoms with Crippen molar-refractivity contribution < 1.29 is 4.79 Å². The van der Waals surface area contributed by atoms with E-state index in [1.54, 1.807) is 0 Å². The number of carbonyl (C=O) groups is 1. The van der Waals surface area contributed by atoms with Gasteiger partial charge in [-0.15, -0.1) is 6.58 Å². The van der Waals surface area contributed by atoms with Crippen molar-refractivity contribution >= 4 is 5.91 Å². The number of amides is 1. The van der Waals surface area contributed by atoms with Gasteiger partial charge in [0, 0.05) is 19.0 Å². The number of nitrogens with zero attached hydrogens (tertiary/aromatic N) is 1. The van der Waals surface area contributed by atoms with Gasteiger partial charge in [0.25, 0.3) is 0 Å². The highest BCUT2D eigenvalue weighted by atomic mass is 16.2. The Morgan fingerprint density at radius 3 is 2.56 bits per heavy atom. The zero-order valence-electron chi connectivity index (χ0n) is 9.95. The first-order chi connectivity index (χ1) is 7.81. The summed E-state index contributed by atoms with van der Waals surface area (Å²) < 4.78 is 0. The molecule has 16 heavy (non-hydrogen) atoms. The van der Waals surface area contributed by atoms with Gasteiger partial charge in [-0.05, 0) is 31.8 Å². The highest BCUT2D eigenvalue weighted by molar-refractivity contribution is 5.77. The Morgan fingerprint density at radius 2 is 2.06 bits per heavy atom. The van der Waals surface area contributed by atoms with Crippen molar-refractivity contribution in [3.8, 4) is 0 Å². The summed E-state index contributed by atoms with van der Waals surface area (Å²) in [4.78, 5) is 14.2. The molecule has 1 aliphatic carbocycles. The molecule has 0 aromatic carbocycles. The van der Waals surface area contributed by atoms with E-state index in [0.717, 1.165) is 26.1 Å². The van der Waals surface area contributed by atoms with E-state index < -0.39 is 0 Å². The summed E-state index contributed by atoms with van der Waals surface area (Å²) >= 11 is 0. The molecule has 3 nitrogen and oxygen atoms in total. The Kier molecular flexibility index (Phi) is 3.99. The van der Waals surface area contributed by atoms with Gasteiger partial charge in [0.05, 0.1) is 0 Å².